The van der Waals surface area contributed by atoms with E-state index in [9.17, 15) is 4.79 Å². The van der Waals surface area contributed by atoms with Gasteiger partial charge in [-0.15, -0.1) is 5.10 Å². The monoisotopic (exact) mass is 287 g/mol. The number of aryl methyl sites for hydroxylation is 1. The summed E-state index contributed by atoms with van der Waals surface area (Å²) in [6.07, 6.45) is 1.64. The topological polar surface area (TPSA) is 71.8 Å². The van der Waals surface area contributed by atoms with Gasteiger partial charge in [-0.05, 0) is 32.5 Å². The predicted molar refractivity (Wildman–Crippen MR) is 81.6 cm³/mol. The SMILES string of the molecule is CCN[C@H](C)CNC(=O)c1cn(-c2ccc(C)cc2)nn1. The maximum atomic E-state index is 12.0. The molecule has 0 saturated heterocycles. The molecule has 1 amide bonds. The third-order valence-electron chi connectivity index (χ3n) is 3.15. The lowest BCUT2D eigenvalue weighted by Gasteiger charge is -2.12. The van der Waals surface area contributed by atoms with E-state index in [1.54, 1.807) is 10.9 Å². The number of benzene rings is 1. The molecule has 112 valence electrons. The van der Waals surface area contributed by atoms with E-state index < -0.39 is 0 Å². The Morgan fingerprint density at radius 2 is 2.05 bits per heavy atom. The van der Waals surface area contributed by atoms with Gasteiger partial charge in [0.1, 0.15) is 0 Å². The number of likely N-dealkylation sites (N-methyl/N-ethyl adjacent to an activating group) is 1. The number of rotatable bonds is 6. The number of hydrogen-bond donors (Lipinski definition) is 2. The van der Waals surface area contributed by atoms with Gasteiger partial charge < -0.3 is 10.6 Å². The highest BCUT2D eigenvalue weighted by Gasteiger charge is 2.12. The van der Waals surface area contributed by atoms with Crippen molar-refractivity contribution in [1.82, 2.24) is 25.6 Å². The van der Waals surface area contributed by atoms with Crippen LogP contribution >= 0.6 is 0 Å². The Kier molecular flexibility index (Phi) is 5.05. The minimum absolute atomic E-state index is 0.210. The molecule has 0 fully saturated rings. The van der Waals surface area contributed by atoms with Crippen LogP contribution < -0.4 is 10.6 Å². The number of nitrogens with one attached hydrogen (secondary N) is 2. The molecular formula is C15H21N5O. The van der Waals surface area contributed by atoms with Gasteiger partial charge in [0, 0.05) is 12.6 Å². The van der Waals surface area contributed by atoms with Crippen molar-refractivity contribution in [1.29, 1.82) is 0 Å². The first-order chi connectivity index (χ1) is 10.1. The minimum atomic E-state index is -0.210. The first kappa shape index (κ1) is 15.2. The number of nitrogens with zero attached hydrogens (tertiary/aromatic N) is 3. The summed E-state index contributed by atoms with van der Waals surface area (Å²) in [5, 5.41) is 14.0. The van der Waals surface area contributed by atoms with Gasteiger partial charge in [0.15, 0.2) is 5.69 Å². The molecule has 0 aliphatic heterocycles. The van der Waals surface area contributed by atoms with Crippen molar-refractivity contribution in [3.05, 3.63) is 41.7 Å². The van der Waals surface area contributed by atoms with Crippen LogP contribution in [-0.4, -0.2) is 40.0 Å². The lowest BCUT2D eigenvalue weighted by molar-refractivity contribution is 0.0945. The van der Waals surface area contributed by atoms with Crippen LogP contribution in [-0.2, 0) is 0 Å². The van der Waals surface area contributed by atoms with Crippen LogP contribution in [0.15, 0.2) is 30.5 Å². The summed E-state index contributed by atoms with van der Waals surface area (Å²) < 4.78 is 1.60. The Morgan fingerprint density at radius 3 is 2.71 bits per heavy atom. The van der Waals surface area contributed by atoms with Crippen molar-refractivity contribution < 1.29 is 4.79 Å². The van der Waals surface area contributed by atoms with Gasteiger partial charge in [-0.25, -0.2) is 4.68 Å². The van der Waals surface area contributed by atoms with E-state index in [1.165, 1.54) is 5.56 Å². The first-order valence-corrected chi connectivity index (χ1v) is 7.11. The third kappa shape index (κ3) is 4.13. The third-order valence-corrected chi connectivity index (χ3v) is 3.15. The number of aromatic nitrogens is 3. The molecule has 2 aromatic rings. The van der Waals surface area contributed by atoms with Gasteiger partial charge in [0.25, 0.3) is 5.91 Å². The maximum absolute atomic E-state index is 12.0. The van der Waals surface area contributed by atoms with Gasteiger partial charge >= 0.3 is 0 Å². The highest BCUT2D eigenvalue weighted by Crippen LogP contribution is 2.08. The van der Waals surface area contributed by atoms with Crippen LogP contribution in [0.1, 0.15) is 29.9 Å². The van der Waals surface area contributed by atoms with E-state index in [1.807, 2.05) is 45.0 Å². The zero-order valence-corrected chi connectivity index (χ0v) is 12.6. The van der Waals surface area contributed by atoms with Gasteiger partial charge in [-0.3, -0.25) is 4.79 Å². The number of carbonyl (C=O) groups is 1. The second kappa shape index (κ2) is 6.99. The van der Waals surface area contributed by atoms with E-state index in [4.69, 9.17) is 0 Å². The molecule has 0 aliphatic rings. The Morgan fingerprint density at radius 1 is 1.33 bits per heavy atom. The highest BCUT2D eigenvalue weighted by molar-refractivity contribution is 5.91. The fraction of sp³-hybridized carbons (Fsp3) is 0.400. The smallest absolute Gasteiger partial charge is 0.273 e. The molecule has 0 spiro atoms. The predicted octanol–water partition coefficient (Wildman–Crippen LogP) is 1.30. The van der Waals surface area contributed by atoms with Crippen molar-refractivity contribution in [2.75, 3.05) is 13.1 Å². The standard InChI is InChI=1S/C15H21N5O/c1-4-16-12(3)9-17-15(21)14-10-20(19-18-14)13-7-5-11(2)6-8-13/h5-8,10,12,16H,4,9H2,1-3H3,(H,17,21)/t12-/m1/s1. The zero-order chi connectivity index (χ0) is 15.2. The van der Waals surface area contributed by atoms with Crippen LogP contribution in [0.5, 0.6) is 0 Å². The van der Waals surface area contributed by atoms with Crippen molar-refractivity contribution in [2.24, 2.45) is 0 Å². The Bertz CT molecular complexity index is 590. The molecule has 1 heterocycles. The average Bonchev–Trinajstić information content (AvgIpc) is 2.96. The lowest BCUT2D eigenvalue weighted by Crippen LogP contribution is -2.38. The number of carbonyl (C=O) groups excluding carboxylic acids is 1. The van der Waals surface area contributed by atoms with Gasteiger partial charge in [0.2, 0.25) is 0 Å². The van der Waals surface area contributed by atoms with Crippen molar-refractivity contribution in [3.63, 3.8) is 0 Å². The number of amides is 1. The summed E-state index contributed by atoms with van der Waals surface area (Å²) >= 11 is 0. The van der Waals surface area contributed by atoms with Crippen LogP contribution in [0.4, 0.5) is 0 Å². The van der Waals surface area contributed by atoms with E-state index >= 15 is 0 Å². The zero-order valence-electron chi connectivity index (χ0n) is 12.6. The Hall–Kier alpha value is -2.21. The molecule has 2 N–H and O–H groups in total. The maximum Gasteiger partial charge on any atom is 0.273 e. The fourth-order valence-electron chi connectivity index (χ4n) is 1.95. The summed E-state index contributed by atoms with van der Waals surface area (Å²) in [4.78, 5) is 12.0. The molecule has 6 heteroatoms. The molecule has 2 rings (SSSR count). The van der Waals surface area contributed by atoms with Crippen molar-refractivity contribution in [3.8, 4) is 5.69 Å². The summed E-state index contributed by atoms with van der Waals surface area (Å²) in [5.74, 6) is -0.210. The summed E-state index contributed by atoms with van der Waals surface area (Å²) in [6.45, 7) is 7.51. The Labute approximate surface area is 124 Å². The minimum Gasteiger partial charge on any atom is -0.349 e. The second-order valence-electron chi connectivity index (χ2n) is 5.05. The van der Waals surface area contributed by atoms with Crippen LogP contribution in [0, 0.1) is 6.92 Å². The molecule has 6 nitrogen and oxygen atoms in total. The van der Waals surface area contributed by atoms with E-state index in [2.05, 4.69) is 20.9 Å². The molecule has 1 aromatic carbocycles. The molecule has 0 saturated carbocycles. The second-order valence-corrected chi connectivity index (χ2v) is 5.05. The molecule has 1 aromatic heterocycles. The molecule has 1 atom stereocenters. The van der Waals surface area contributed by atoms with Crippen molar-refractivity contribution in [2.45, 2.75) is 26.8 Å². The molecule has 0 unspecified atom stereocenters. The van der Waals surface area contributed by atoms with E-state index in [0.29, 0.717) is 12.2 Å². The summed E-state index contributed by atoms with van der Waals surface area (Å²) in [7, 11) is 0. The summed E-state index contributed by atoms with van der Waals surface area (Å²) in [5.41, 5.74) is 2.38. The van der Waals surface area contributed by atoms with Crippen LogP contribution in [0.3, 0.4) is 0 Å². The first-order valence-electron chi connectivity index (χ1n) is 7.11. The molecule has 0 radical (unpaired) electrons. The Balaban J connectivity index is 1.99. The quantitative estimate of drug-likeness (QED) is 0.840. The van der Waals surface area contributed by atoms with Crippen LogP contribution in [0.2, 0.25) is 0 Å². The van der Waals surface area contributed by atoms with Gasteiger partial charge in [-0.1, -0.05) is 29.8 Å². The fourth-order valence-corrected chi connectivity index (χ4v) is 1.95. The normalized spacial score (nSPS) is 12.1. The van der Waals surface area contributed by atoms with Crippen molar-refractivity contribution >= 4 is 5.91 Å². The van der Waals surface area contributed by atoms with Gasteiger partial charge in [0.05, 0.1) is 11.9 Å². The molecule has 0 aliphatic carbocycles. The largest absolute Gasteiger partial charge is 0.349 e. The van der Waals surface area contributed by atoms with Crippen LogP contribution in [0.25, 0.3) is 5.69 Å². The van der Waals surface area contributed by atoms with E-state index in [0.717, 1.165) is 12.2 Å². The number of hydrogen-bond acceptors (Lipinski definition) is 4. The lowest BCUT2D eigenvalue weighted by atomic mass is 10.2. The summed E-state index contributed by atoms with van der Waals surface area (Å²) in [6, 6.07) is 8.10. The molecule has 0 bridgehead atoms. The van der Waals surface area contributed by atoms with E-state index in [-0.39, 0.29) is 11.9 Å². The average molecular weight is 287 g/mol. The highest BCUT2D eigenvalue weighted by atomic mass is 16.2. The van der Waals surface area contributed by atoms with Gasteiger partial charge in [-0.2, -0.15) is 0 Å². The molecular weight excluding hydrogens is 266 g/mol. The molecule has 21 heavy (non-hydrogen) atoms.